The number of hydrogen-bond donors (Lipinski definition) is 0. The summed E-state index contributed by atoms with van der Waals surface area (Å²) in [5, 5.41) is 0. The maximum absolute atomic E-state index is 14.1. The van der Waals surface area contributed by atoms with Crippen molar-refractivity contribution in [2.75, 3.05) is 25.1 Å². The fourth-order valence-corrected chi connectivity index (χ4v) is 2.42. The number of rotatable bonds is 2. The van der Waals surface area contributed by atoms with Crippen LogP contribution < -0.4 is 4.90 Å². The Morgan fingerprint density at radius 2 is 1.85 bits per heavy atom. The number of methoxy groups -OCH3 is 1. The van der Waals surface area contributed by atoms with E-state index in [-0.39, 0.29) is 17.9 Å². The molecule has 1 fully saturated rings. The van der Waals surface area contributed by atoms with Crippen LogP contribution in [0.2, 0.25) is 0 Å². The number of ether oxygens (including phenoxy) is 2. The molecular weight excluding hydrogens is 268 g/mol. The molecule has 0 aliphatic carbocycles. The van der Waals surface area contributed by atoms with Crippen LogP contribution >= 0.6 is 0 Å². The second-order valence-electron chi connectivity index (χ2n) is 4.94. The van der Waals surface area contributed by atoms with E-state index in [1.807, 2.05) is 13.8 Å². The first-order valence-corrected chi connectivity index (χ1v) is 6.40. The number of halogens is 2. The second kappa shape index (κ2) is 5.75. The van der Waals surface area contributed by atoms with Gasteiger partial charge in [-0.3, -0.25) is 0 Å². The molecule has 2 atom stereocenters. The summed E-state index contributed by atoms with van der Waals surface area (Å²) in [4.78, 5) is 13.0. The molecule has 1 aliphatic heterocycles. The quantitative estimate of drug-likeness (QED) is 0.782. The molecule has 1 heterocycles. The number of hydrogen-bond acceptors (Lipinski definition) is 4. The molecule has 20 heavy (non-hydrogen) atoms. The number of carbonyl (C=O) groups is 1. The van der Waals surface area contributed by atoms with E-state index < -0.39 is 23.2 Å². The largest absolute Gasteiger partial charge is 0.465 e. The highest BCUT2D eigenvalue weighted by molar-refractivity contribution is 5.90. The first kappa shape index (κ1) is 14.7. The maximum atomic E-state index is 14.1. The highest BCUT2D eigenvalue weighted by Gasteiger charge is 2.26. The Labute approximate surface area is 116 Å². The molecular formula is C14H17F2NO3. The highest BCUT2D eigenvalue weighted by Crippen LogP contribution is 2.26. The number of benzene rings is 1. The minimum absolute atomic E-state index is 0.0681. The van der Waals surface area contributed by atoms with Crippen LogP contribution in [0.1, 0.15) is 24.2 Å². The predicted molar refractivity (Wildman–Crippen MR) is 69.9 cm³/mol. The molecule has 0 radical (unpaired) electrons. The average Bonchev–Trinajstić information content (AvgIpc) is 2.39. The Kier molecular flexibility index (Phi) is 4.23. The second-order valence-corrected chi connectivity index (χ2v) is 4.94. The van der Waals surface area contributed by atoms with E-state index in [9.17, 15) is 13.6 Å². The van der Waals surface area contributed by atoms with Crippen molar-refractivity contribution < 1.29 is 23.0 Å². The first-order valence-electron chi connectivity index (χ1n) is 6.40. The zero-order valence-electron chi connectivity index (χ0n) is 11.7. The van der Waals surface area contributed by atoms with Crippen molar-refractivity contribution >= 4 is 11.7 Å². The molecule has 2 unspecified atom stereocenters. The van der Waals surface area contributed by atoms with Gasteiger partial charge in [-0.05, 0) is 19.9 Å². The van der Waals surface area contributed by atoms with Gasteiger partial charge in [0.05, 0.1) is 30.6 Å². The highest BCUT2D eigenvalue weighted by atomic mass is 19.1. The number of anilines is 1. The van der Waals surface area contributed by atoms with E-state index in [2.05, 4.69) is 4.74 Å². The molecule has 0 saturated carbocycles. The van der Waals surface area contributed by atoms with Crippen LogP contribution in [0.4, 0.5) is 14.5 Å². The smallest absolute Gasteiger partial charge is 0.340 e. The minimum atomic E-state index is -0.892. The molecule has 4 nitrogen and oxygen atoms in total. The Morgan fingerprint density at radius 3 is 2.40 bits per heavy atom. The van der Waals surface area contributed by atoms with Crippen LogP contribution in [-0.4, -0.2) is 38.4 Å². The topological polar surface area (TPSA) is 38.8 Å². The van der Waals surface area contributed by atoms with Crippen molar-refractivity contribution in [2.24, 2.45) is 0 Å². The van der Waals surface area contributed by atoms with E-state index >= 15 is 0 Å². The van der Waals surface area contributed by atoms with Crippen LogP contribution in [0.5, 0.6) is 0 Å². The lowest BCUT2D eigenvalue weighted by Crippen LogP contribution is -2.45. The van der Waals surface area contributed by atoms with Crippen molar-refractivity contribution in [1.82, 2.24) is 0 Å². The molecule has 0 spiro atoms. The Balaban J connectivity index is 2.33. The summed E-state index contributed by atoms with van der Waals surface area (Å²) in [5.74, 6) is -2.33. The van der Waals surface area contributed by atoms with Crippen molar-refractivity contribution in [3.63, 3.8) is 0 Å². The summed E-state index contributed by atoms with van der Waals surface area (Å²) in [5.41, 5.74) is -0.264. The van der Waals surface area contributed by atoms with Crippen LogP contribution in [-0.2, 0) is 9.47 Å². The molecule has 1 aromatic rings. The summed E-state index contributed by atoms with van der Waals surface area (Å²) in [6, 6.07) is 1.91. The molecule has 1 aliphatic rings. The zero-order valence-corrected chi connectivity index (χ0v) is 11.7. The molecule has 0 aromatic heterocycles. The van der Waals surface area contributed by atoms with E-state index in [1.54, 1.807) is 4.90 Å². The molecule has 0 N–H and O–H groups in total. The third kappa shape index (κ3) is 2.90. The van der Waals surface area contributed by atoms with E-state index in [0.29, 0.717) is 13.1 Å². The minimum Gasteiger partial charge on any atom is -0.465 e. The van der Waals surface area contributed by atoms with Gasteiger partial charge in [-0.2, -0.15) is 0 Å². The molecule has 1 aromatic carbocycles. The Morgan fingerprint density at radius 1 is 1.25 bits per heavy atom. The summed E-state index contributed by atoms with van der Waals surface area (Å²) < 4.78 is 38.0. The van der Waals surface area contributed by atoms with Crippen LogP contribution in [0, 0.1) is 11.6 Å². The maximum Gasteiger partial charge on any atom is 0.340 e. The van der Waals surface area contributed by atoms with Crippen molar-refractivity contribution in [2.45, 2.75) is 26.1 Å². The van der Waals surface area contributed by atoms with Gasteiger partial charge in [-0.25, -0.2) is 13.6 Å². The monoisotopic (exact) mass is 285 g/mol. The molecule has 6 heteroatoms. The van der Waals surface area contributed by atoms with Crippen molar-refractivity contribution in [3.8, 4) is 0 Å². The van der Waals surface area contributed by atoms with Crippen LogP contribution in [0.25, 0.3) is 0 Å². The normalized spacial score (nSPS) is 22.8. The summed E-state index contributed by atoms with van der Waals surface area (Å²) >= 11 is 0. The predicted octanol–water partition coefficient (Wildman–Crippen LogP) is 2.37. The van der Waals surface area contributed by atoms with Gasteiger partial charge in [0.2, 0.25) is 0 Å². The SMILES string of the molecule is COC(=O)c1cc(F)c(N2CC(C)OC(C)C2)cc1F. The van der Waals surface area contributed by atoms with E-state index in [4.69, 9.17) is 4.74 Å². The summed E-state index contributed by atoms with van der Waals surface area (Å²) in [6.07, 6.45) is -0.136. The Bertz CT molecular complexity index is 511. The summed E-state index contributed by atoms with van der Waals surface area (Å²) in [6.45, 7) is 4.69. The van der Waals surface area contributed by atoms with Gasteiger partial charge >= 0.3 is 5.97 Å². The van der Waals surface area contributed by atoms with Gasteiger partial charge < -0.3 is 14.4 Å². The number of carbonyl (C=O) groups excluding carboxylic acids is 1. The van der Waals surface area contributed by atoms with E-state index in [0.717, 1.165) is 19.2 Å². The standard InChI is InChI=1S/C14H17F2NO3/c1-8-6-17(7-9(2)20-8)13-5-11(15)10(4-12(13)16)14(18)19-3/h4-5,8-9H,6-7H2,1-3H3. The van der Waals surface area contributed by atoms with Gasteiger partial charge in [0, 0.05) is 19.2 Å². The van der Waals surface area contributed by atoms with Gasteiger partial charge in [0.1, 0.15) is 11.6 Å². The fraction of sp³-hybridized carbons (Fsp3) is 0.500. The molecule has 0 amide bonds. The van der Waals surface area contributed by atoms with Crippen LogP contribution in [0.15, 0.2) is 12.1 Å². The number of esters is 1. The fourth-order valence-electron chi connectivity index (χ4n) is 2.42. The average molecular weight is 285 g/mol. The van der Waals surface area contributed by atoms with Gasteiger partial charge in [-0.15, -0.1) is 0 Å². The lowest BCUT2D eigenvalue weighted by atomic mass is 10.1. The lowest BCUT2D eigenvalue weighted by molar-refractivity contribution is -0.00542. The third-order valence-electron chi connectivity index (χ3n) is 3.20. The van der Waals surface area contributed by atoms with Gasteiger partial charge in [0.15, 0.2) is 0 Å². The van der Waals surface area contributed by atoms with Gasteiger partial charge in [-0.1, -0.05) is 0 Å². The van der Waals surface area contributed by atoms with E-state index in [1.165, 1.54) is 0 Å². The molecule has 110 valence electrons. The van der Waals surface area contributed by atoms with Crippen molar-refractivity contribution in [3.05, 3.63) is 29.3 Å². The number of morpholine rings is 1. The molecule has 1 saturated heterocycles. The zero-order chi connectivity index (χ0) is 14.9. The number of nitrogens with zero attached hydrogens (tertiary/aromatic N) is 1. The lowest BCUT2D eigenvalue weighted by Gasteiger charge is -2.37. The van der Waals surface area contributed by atoms with Crippen molar-refractivity contribution in [1.29, 1.82) is 0 Å². The summed E-state index contributed by atoms with van der Waals surface area (Å²) in [7, 11) is 1.12. The molecule has 2 rings (SSSR count). The Hall–Kier alpha value is -1.69. The molecule has 0 bridgehead atoms. The third-order valence-corrected chi connectivity index (χ3v) is 3.20. The van der Waals surface area contributed by atoms with Crippen LogP contribution in [0.3, 0.4) is 0 Å². The first-order chi connectivity index (χ1) is 9.42. The van der Waals surface area contributed by atoms with Gasteiger partial charge in [0.25, 0.3) is 0 Å².